The lowest BCUT2D eigenvalue weighted by Gasteiger charge is -2.12. The van der Waals surface area contributed by atoms with Gasteiger partial charge < -0.3 is 9.88 Å². The number of Topliss-reactive ketones (excluding diaryl/α,β-unsaturated/α-hetero) is 1. The first-order valence-electron chi connectivity index (χ1n) is 7.08. The number of hydrogen-bond acceptors (Lipinski definition) is 5. The maximum Gasteiger partial charge on any atom is 0.237 e. The summed E-state index contributed by atoms with van der Waals surface area (Å²) in [5.74, 6) is -0.146. The number of carbonyl (C=O) groups excluding carboxylic acids is 2. The van der Waals surface area contributed by atoms with E-state index in [1.807, 2.05) is 4.57 Å². The Morgan fingerprint density at radius 3 is 2.70 bits per heavy atom. The van der Waals surface area contributed by atoms with Crippen LogP contribution in [0.1, 0.15) is 24.2 Å². The molecule has 120 valence electrons. The Balaban J connectivity index is 1.98. The maximum atomic E-state index is 12.3. The lowest BCUT2D eigenvalue weighted by atomic mass is 10.1. The van der Waals surface area contributed by atoms with Crippen molar-refractivity contribution in [1.82, 2.24) is 14.8 Å². The molecule has 1 aromatic carbocycles. The van der Waals surface area contributed by atoms with Crippen molar-refractivity contribution in [2.75, 3.05) is 5.32 Å². The van der Waals surface area contributed by atoms with E-state index in [2.05, 4.69) is 22.1 Å². The number of carbonyl (C=O) groups is 2. The normalized spacial score (nSPS) is 11.7. The SMILES string of the molecule is C=CCn1cnnc1SC(C)C(=O)Nc1ccc(C(C)=O)cc1. The van der Waals surface area contributed by atoms with Crippen molar-refractivity contribution in [2.24, 2.45) is 0 Å². The number of ketones is 1. The van der Waals surface area contributed by atoms with Crippen LogP contribution < -0.4 is 5.32 Å². The molecule has 0 aliphatic heterocycles. The number of hydrogen-bond donors (Lipinski definition) is 1. The van der Waals surface area contributed by atoms with Gasteiger partial charge in [-0.15, -0.1) is 16.8 Å². The summed E-state index contributed by atoms with van der Waals surface area (Å²) in [6.07, 6.45) is 3.35. The van der Waals surface area contributed by atoms with Crippen molar-refractivity contribution in [3.63, 3.8) is 0 Å². The monoisotopic (exact) mass is 330 g/mol. The number of anilines is 1. The molecule has 0 fully saturated rings. The Hall–Kier alpha value is -2.41. The van der Waals surface area contributed by atoms with Crippen molar-refractivity contribution in [2.45, 2.75) is 30.8 Å². The van der Waals surface area contributed by atoms with Gasteiger partial charge in [0.1, 0.15) is 6.33 Å². The first-order chi connectivity index (χ1) is 11.0. The van der Waals surface area contributed by atoms with Gasteiger partial charge in [0.15, 0.2) is 10.9 Å². The maximum absolute atomic E-state index is 12.3. The van der Waals surface area contributed by atoms with Crippen LogP contribution >= 0.6 is 11.8 Å². The molecule has 1 amide bonds. The largest absolute Gasteiger partial charge is 0.325 e. The number of rotatable bonds is 7. The fraction of sp³-hybridized carbons (Fsp3) is 0.250. The summed E-state index contributed by atoms with van der Waals surface area (Å²) < 4.78 is 1.82. The van der Waals surface area contributed by atoms with Crippen LogP contribution in [0.3, 0.4) is 0 Å². The van der Waals surface area contributed by atoms with Gasteiger partial charge in [-0.05, 0) is 38.1 Å². The molecule has 1 atom stereocenters. The fourth-order valence-corrected chi connectivity index (χ4v) is 2.68. The van der Waals surface area contributed by atoms with Gasteiger partial charge in [0.25, 0.3) is 0 Å². The van der Waals surface area contributed by atoms with E-state index >= 15 is 0 Å². The molecule has 0 saturated heterocycles. The van der Waals surface area contributed by atoms with Gasteiger partial charge in [-0.1, -0.05) is 17.8 Å². The lowest BCUT2D eigenvalue weighted by molar-refractivity contribution is -0.115. The molecule has 7 heteroatoms. The van der Waals surface area contributed by atoms with Gasteiger partial charge in [-0.3, -0.25) is 9.59 Å². The van der Waals surface area contributed by atoms with Gasteiger partial charge in [0, 0.05) is 17.8 Å². The van der Waals surface area contributed by atoms with Crippen molar-refractivity contribution in [1.29, 1.82) is 0 Å². The summed E-state index contributed by atoms with van der Waals surface area (Å²) in [6, 6.07) is 6.81. The molecule has 0 saturated carbocycles. The Labute approximate surface area is 139 Å². The third-order valence-electron chi connectivity index (χ3n) is 3.12. The molecule has 1 unspecified atom stereocenters. The molecule has 23 heavy (non-hydrogen) atoms. The number of nitrogens with one attached hydrogen (secondary N) is 1. The predicted octanol–water partition coefficient (Wildman–Crippen LogP) is 2.79. The Morgan fingerprint density at radius 1 is 1.39 bits per heavy atom. The van der Waals surface area contributed by atoms with E-state index in [9.17, 15) is 9.59 Å². The van der Waals surface area contributed by atoms with Crippen molar-refractivity contribution < 1.29 is 9.59 Å². The summed E-state index contributed by atoms with van der Waals surface area (Å²) in [5.41, 5.74) is 1.27. The Bertz CT molecular complexity index is 709. The quantitative estimate of drug-likeness (QED) is 0.480. The molecule has 1 N–H and O–H groups in total. The van der Waals surface area contributed by atoms with E-state index in [0.29, 0.717) is 23.0 Å². The van der Waals surface area contributed by atoms with Gasteiger partial charge in [0.2, 0.25) is 5.91 Å². The topological polar surface area (TPSA) is 76.9 Å². The zero-order valence-corrected chi connectivity index (χ0v) is 13.8. The number of nitrogens with zero attached hydrogens (tertiary/aromatic N) is 3. The van der Waals surface area contributed by atoms with E-state index in [1.165, 1.54) is 18.7 Å². The van der Waals surface area contributed by atoms with Crippen molar-refractivity contribution in [3.8, 4) is 0 Å². The third kappa shape index (κ3) is 4.53. The molecule has 6 nitrogen and oxygen atoms in total. The highest BCUT2D eigenvalue weighted by molar-refractivity contribution is 8.00. The van der Waals surface area contributed by atoms with Crippen molar-refractivity contribution >= 4 is 29.1 Å². The van der Waals surface area contributed by atoms with Crippen LogP contribution in [-0.4, -0.2) is 31.7 Å². The zero-order chi connectivity index (χ0) is 16.8. The molecule has 0 aliphatic carbocycles. The van der Waals surface area contributed by atoms with Crippen LogP contribution in [0.15, 0.2) is 48.4 Å². The molecule has 1 heterocycles. The minimum Gasteiger partial charge on any atom is -0.325 e. The summed E-state index contributed by atoms with van der Waals surface area (Å²) in [7, 11) is 0. The fourth-order valence-electron chi connectivity index (χ4n) is 1.84. The number of benzene rings is 1. The van der Waals surface area contributed by atoms with Crippen LogP contribution in [0.2, 0.25) is 0 Å². The molecule has 0 bridgehead atoms. The van der Waals surface area contributed by atoms with Gasteiger partial charge in [-0.25, -0.2) is 0 Å². The highest BCUT2D eigenvalue weighted by atomic mass is 32.2. The van der Waals surface area contributed by atoms with Crippen LogP contribution in [0.5, 0.6) is 0 Å². The minimum absolute atomic E-state index is 0.00615. The molecule has 0 aliphatic rings. The number of thioether (sulfide) groups is 1. The molecule has 0 radical (unpaired) electrons. The smallest absolute Gasteiger partial charge is 0.237 e. The van der Waals surface area contributed by atoms with E-state index in [4.69, 9.17) is 0 Å². The number of allylic oxidation sites excluding steroid dienone is 1. The van der Waals surface area contributed by atoms with Crippen LogP contribution in [0, 0.1) is 0 Å². The summed E-state index contributed by atoms with van der Waals surface area (Å²) in [6.45, 7) is 7.58. The second-order valence-electron chi connectivity index (χ2n) is 4.94. The van der Waals surface area contributed by atoms with E-state index in [1.54, 1.807) is 43.6 Å². The number of amides is 1. The predicted molar refractivity (Wildman–Crippen MR) is 90.6 cm³/mol. The summed E-state index contributed by atoms with van der Waals surface area (Å²) in [4.78, 5) is 23.5. The average molecular weight is 330 g/mol. The van der Waals surface area contributed by atoms with Crippen LogP contribution in [0.4, 0.5) is 5.69 Å². The summed E-state index contributed by atoms with van der Waals surface area (Å²) in [5, 5.41) is 11.0. The van der Waals surface area contributed by atoms with Gasteiger partial charge in [-0.2, -0.15) is 0 Å². The first-order valence-corrected chi connectivity index (χ1v) is 7.96. The average Bonchev–Trinajstić information content (AvgIpc) is 2.95. The van der Waals surface area contributed by atoms with Crippen LogP contribution in [-0.2, 0) is 11.3 Å². The highest BCUT2D eigenvalue weighted by Crippen LogP contribution is 2.22. The third-order valence-corrected chi connectivity index (χ3v) is 4.21. The molecule has 2 rings (SSSR count). The first kappa shape index (κ1) is 17.0. The highest BCUT2D eigenvalue weighted by Gasteiger charge is 2.17. The second kappa shape index (κ2) is 7.73. The van der Waals surface area contributed by atoms with E-state index in [0.717, 1.165) is 0 Å². The molecule has 1 aromatic heterocycles. The summed E-state index contributed by atoms with van der Waals surface area (Å²) >= 11 is 1.33. The van der Waals surface area contributed by atoms with Gasteiger partial charge >= 0.3 is 0 Å². The van der Waals surface area contributed by atoms with E-state index in [-0.39, 0.29) is 16.9 Å². The molecular formula is C16H18N4O2S. The molecular weight excluding hydrogens is 312 g/mol. The van der Waals surface area contributed by atoms with Gasteiger partial charge in [0.05, 0.1) is 5.25 Å². The second-order valence-corrected chi connectivity index (χ2v) is 6.25. The Morgan fingerprint density at radius 2 is 2.09 bits per heavy atom. The molecule has 0 spiro atoms. The Kier molecular flexibility index (Phi) is 5.70. The van der Waals surface area contributed by atoms with Crippen molar-refractivity contribution in [3.05, 3.63) is 48.8 Å². The zero-order valence-electron chi connectivity index (χ0n) is 13.0. The molecule has 2 aromatic rings. The standard InChI is InChI=1S/C16H18N4O2S/c1-4-9-20-10-17-19-16(20)23-12(3)15(22)18-14-7-5-13(6-8-14)11(2)21/h4-8,10,12H,1,9H2,2-3H3,(H,18,22). The van der Waals surface area contributed by atoms with E-state index < -0.39 is 0 Å². The number of aromatic nitrogens is 3. The lowest BCUT2D eigenvalue weighted by Crippen LogP contribution is -2.22. The minimum atomic E-state index is -0.338. The van der Waals surface area contributed by atoms with Crippen LogP contribution in [0.25, 0.3) is 0 Å².